The molecular weight excluding hydrogens is 260 g/mol. The highest BCUT2D eigenvalue weighted by Crippen LogP contribution is 2.25. The minimum Gasteiger partial charge on any atom is -0.398 e. The van der Waals surface area contributed by atoms with Crippen molar-refractivity contribution in [3.63, 3.8) is 0 Å². The van der Waals surface area contributed by atoms with Crippen LogP contribution in [0.2, 0.25) is 5.02 Å². The van der Waals surface area contributed by atoms with Gasteiger partial charge in [-0.15, -0.1) is 0 Å². The maximum Gasteiger partial charge on any atom is 0.245 e. The maximum atomic E-state index is 12.3. The molecule has 1 aromatic carbocycles. The molecule has 2 N–H and O–H groups in total. The van der Waals surface area contributed by atoms with Crippen molar-refractivity contribution in [2.24, 2.45) is 0 Å². The predicted molar refractivity (Wildman–Crippen MR) is 70.6 cm³/mol. The van der Waals surface area contributed by atoms with E-state index in [0.29, 0.717) is 18.1 Å². The molecule has 0 amide bonds. The lowest BCUT2D eigenvalue weighted by molar-refractivity contribution is 0.427. The second-order valence-corrected chi connectivity index (χ2v) is 6.02. The highest BCUT2D eigenvalue weighted by atomic mass is 35.5. The molecule has 4 nitrogen and oxygen atoms in total. The molecular formula is C11H17ClN2O2S. The third kappa shape index (κ3) is 3.12. The van der Waals surface area contributed by atoms with E-state index >= 15 is 0 Å². The normalized spacial score (nSPS) is 12.0. The number of benzene rings is 1. The van der Waals surface area contributed by atoms with E-state index in [9.17, 15) is 8.42 Å². The highest BCUT2D eigenvalue weighted by Gasteiger charge is 2.24. The molecule has 0 saturated heterocycles. The number of sulfonamides is 1. The number of anilines is 1. The lowest BCUT2D eigenvalue weighted by Gasteiger charge is -2.20. The van der Waals surface area contributed by atoms with E-state index in [1.54, 1.807) is 6.92 Å². The summed E-state index contributed by atoms with van der Waals surface area (Å²) in [6.45, 7) is 4.65. The fourth-order valence-corrected chi connectivity index (χ4v) is 3.41. The average Bonchev–Trinajstić information content (AvgIpc) is 2.24. The van der Waals surface area contributed by atoms with Crippen molar-refractivity contribution in [1.29, 1.82) is 0 Å². The van der Waals surface area contributed by atoms with Crippen molar-refractivity contribution in [1.82, 2.24) is 4.31 Å². The van der Waals surface area contributed by atoms with Crippen molar-refractivity contribution in [3.05, 3.63) is 23.2 Å². The zero-order chi connectivity index (χ0) is 13.1. The third-order valence-electron chi connectivity index (χ3n) is 2.42. The number of nitrogens with two attached hydrogens (primary N) is 1. The van der Waals surface area contributed by atoms with Crippen LogP contribution in [0.25, 0.3) is 0 Å². The van der Waals surface area contributed by atoms with Crippen LogP contribution in [0.4, 0.5) is 5.69 Å². The van der Waals surface area contributed by atoms with Crippen LogP contribution in [-0.2, 0) is 10.0 Å². The molecule has 0 aliphatic carbocycles. The van der Waals surface area contributed by atoms with Crippen molar-refractivity contribution < 1.29 is 8.42 Å². The molecule has 1 rings (SSSR count). The SMILES string of the molecule is CCCN(CC)S(=O)(=O)c1ccc(Cl)cc1N. The number of hydrogen-bond acceptors (Lipinski definition) is 3. The van der Waals surface area contributed by atoms with Crippen molar-refractivity contribution in [2.75, 3.05) is 18.8 Å². The molecule has 0 aliphatic rings. The summed E-state index contributed by atoms with van der Waals surface area (Å²) in [4.78, 5) is 0.122. The van der Waals surface area contributed by atoms with Gasteiger partial charge >= 0.3 is 0 Å². The number of rotatable bonds is 5. The van der Waals surface area contributed by atoms with Gasteiger partial charge in [-0.1, -0.05) is 25.4 Å². The fourth-order valence-electron chi connectivity index (χ4n) is 1.59. The largest absolute Gasteiger partial charge is 0.398 e. The van der Waals surface area contributed by atoms with E-state index in [4.69, 9.17) is 17.3 Å². The summed E-state index contributed by atoms with van der Waals surface area (Å²) in [5, 5.41) is 0.431. The molecule has 0 heterocycles. The van der Waals surface area contributed by atoms with E-state index in [2.05, 4.69) is 0 Å². The predicted octanol–water partition coefficient (Wildman–Crippen LogP) is 2.34. The van der Waals surface area contributed by atoms with Crippen LogP contribution in [-0.4, -0.2) is 25.8 Å². The average molecular weight is 277 g/mol. The summed E-state index contributed by atoms with van der Waals surface area (Å²) < 4.78 is 26.0. The Labute approximate surface area is 107 Å². The minimum atomic E-state index is -3.51. The highest BCUT2D eigenvalue weighted by molar-refractivity contribution is 7.89. The zero-order valence-electron chi connectivity index (χ0n) is 9.98. The summed E-state index contributed by atoms with van der Waals surface area (Å²) in [6.07, 6.45) is 0.764. The molecule has 17 heavy (non-hydrogen) atoms. The quantitative estimate of drug-likeness (QED) is 0.840. The van der Waals surface area contributed by atoms with Gasteiger partial charge in [0.15, 0.2) is 0 Å². The number of nitrogens with zero attached hydrogens (tertiary/aromatic N) is 1. The Kier molecular flexibility index (Phi) is 4.80. The first-order chi connectivity index (χ1) is 7.93. The number of nitrogen functional groups attached to an aromatic ring is 1. The first kappa shape index (κ1) is 14.3. The molecule has 0 spiro atoms. The molecule has 1 aromatic rings. The lowest BCUT2D eigenvalue weighted by Crippen LogP contribution is -2.32. The summed E-state index contributed by atoms with van der Waals surface area (Å²) >= 11 is 5.75. The molecule has 0 aliphatic heterocycles. The Hall–Kier alpha value is -0.780. The van der Waals surface area contributed by atoms with Crippen molar-refractivity contribution in [2.45, 2.75) is 25.2 Å². The minimum absolute atomic E-state index is 0.122. The Bertz CT molecular complexity index is 488. The smallest absolute Gasteiger partial charge is 0.245 e. The molecule has 0 bridgehead atoms. The Morgan fingerprint density at radius 3 is 2.47 bits per heavy atom. The third-order valence-corrected chi connectivity index (χ3v) is 4.70. The van der Waals surface area contributed by atoms with Gasteiger partial charge in [0.05, 0.1) is 5.69 Å². The summed E-state index contributed by atoms with van der Waals surface area (Å²) in [7, 11) is -3.51. The van der Waals surface area contributed by atoms with E-state index in [1.807, 2.05) is 6.92 Å². The van der Waals surface area contributed by atoms with Gasteiger partial charge in [0.2, 0.25) is 10.0 Å². The van der Waals surface area contributed by atoms with Crippen LogP contribution in [0.3, 0.4) is 0 Å². The first-order valence-corrected chi connectivity index (χ1v) is 7.30. The van der Waals surface area contributed by atoms with Gasteiger partial charge in [0.1, 0.15) is 4.90 Å². The van der Waals surface area contributed by atoms with Crippen LogP contribution in [0.1, 0.15) is 20.3 Å². The summed E-state index contributed by atoms with van der Waals surface area (Å²) in [5.41, 5.74) is 5.89. The van der Waals surface area contributed by atoms with Gasteiger partial charge in [-0.3, -0.25) is 0 Å². The van der Waals surface area contributed by atoms with E-state index in [1.165, 1.54) is 22.5 Å². The molecule has 0 fully saturated rings. The topological polar surface area (TPSA) is 63.4 Å². The van der Waals surface area contributed by atoms with Gasteiger partial charge in [0.25, 0.3) is 0 Å². The van der Waals surface area contributed by atoms with E-state index in [-0.39, 0.29) is 10.6 Å². The molecule has 0 aromatic heterocycles. The van der Waals surface area contributed by atoms with Crippen molar-refractivity contribution in [3.8, 4) is 0 Å². The first-order valence-electron chi connectivity index (χ1n) is 5.48. The van der Waals surface area contributed by atoms with Crippen LogP contribution in [0, 0.1) is 0 Å². The Morgan fingerprint density at radius 2 is 2.00 bits per heavy atom. The Balaban J connectivity index is 3.20. The van der Waals surface area contributed by atoms with Gasteiger partial charge in [-0.2, -0.15) is 4.31 Å². The molecule has 0 unspecified atom stereocenters. The molecule has 0 saturated carbocycles. The monoisotopic (exact) mass is 276 g/mol. The van der Waals surface area contributed by atoms with E-state index in [0.717, 1.165) is 6.42 Å². The van der Waals surface area contributed by atoms with E-state index < -0.39 is 10.0 Å². The van der Waals surface area contributed by atoms with Gasteiger partial charge in [0, 0.05) is 18.1 Å². The second kappa shape index (κ2) is 5.71. The summed E-state index contributed by atoms with van der Waals surface area (Å²) in [5.74, 6) is 0. The van der Waals surface area contributed by atoms with Crippen molar-refractivity contribution >= 4 is 27.3 Å². The fraction of sp³-hybridized carbons (Fsp3) is 0.455. The standard InChI is InChI=1S/C11H17ClN2O2S/c1-3-7-14(4-2)17(15,16)11-6-5-9(12)8-10(11)13/h5-6,8H,3-4,7,13H2,1-2H3. The number of halogens is 1. The van der Waals surface area contributed by atoms with Gasteiger partial charge in [-0.05, 0) is 24.6 Å². The van der Waals surface area contributed by atoms with Gasteiger partial charge in [-0.25, -0.2) is 8.42 Å². The van der Waals surface area contributed by atoms with Crippen LogP contribution in [0.5, 0.6) is 0 Å². The second-order valence-electron chi connectivity index (χ2n) is 3.68. The molecule has 96 valence electrons. The van der Waals surface area contributed by atoms with Crippen LogP contribution >= 0.6 is 11.6 Å². The zero-order valence-corrected chi connectivity index (χ0v) is 11.6. The lowest BCUT2D eigenvalue weighted by atomic mass is 10.3. The number of hydrogen-bond donors (Lipinski definition) is 1. The Morgan fingerprint density at radius 1 is 1.35 bits per heavy atom. The molecule has 6 heteroatoms. The summed E-state index contributed by atoms with van der Waals surface area (Å²) in [6, 6.07) is 4.43. The van der Waals surface area contributed by atoms with Gasteiger partial charge < -0.3 is 5.73 Å². The van der Waals surface area contributed by atoms with Crippen LogP contribution in [0.15, 0.2) is 23.1 Å². The molecule has 0 radical (unpaired) electrons. The maximum absolute atomic E-state index is 12.3. The van der Waals surface area contributed by atoms with Crippen LogP contribution < -0.4 is 5.73 Å². The molecule has 0 atom stereocenters.